The number of aliphatic carboxylic acids is 1. The highest BCUT2D eigenvalue weighted by Crippen LogP contribution is 2.33. The first-order chi connectivity index (χ1) is 13.3. The second-order valence-electron chi connectivity index (χ2n) is 6.12. The summed E-state index contributed by atoms with van der Waals surface area (Å²) in [5.41, 5.74) is -1.20. The lowest BCUT2D eigenvalue weighted by atomic mass is 9.92. The van der Waals surface area contributed by atoms with Crippen molar-refractivity contribution < 1.29 is 29.2 Å². The number of hydrogen-bond donors (Lipinski definition) is 1. The van der Waals surface area contributed by atoms with Crippen LogP contribution in [0.25, 0.3) is 0 Å². The zero-order valence-corrected chi connectivity index (χ0v) is 15.3. The van der Waals surface area contributed by atoms with Gasteiger partial charge in [-0.1, -0.05) is 49.4 Å². The number of nitro groups is 1. The molecule has 2 aromatic carbocycles. The van der Waals surface area contributed by atoms with Crippen LogP contribution in [0, 0.1) is 10.1 Å². The molecule has 0 aliphatic heterocycles. The zero-order chi connectivity index (χ0) is 20.8. The highest BCUT2D eigenvalue weighted by atomic mass is 16.6. The highest BCUT2D eigenvalue weighted by Gasteiger charge is 2.38. The second kappa shape index (κ2) is 8.90. The van der Waals surface area contributed by atoms with E-state index in [1.807, 2.05) is 0 Å². The third-order valence-corrected chi connectivity index (χ3v) is 4.22. The number of carbonyl (C=O) groups is 3. The minimum absolute atomic E-state index is 0.205. The van der Waals surface area contributed by atoms with Crippen LogP contribution >= 0.6 is 0 Å². The van der Waals surface area contributed by atoms with E-state index >= 15 is 0 Å². The predicted molar refractivity (Wildman–Crippen MR) is 99.2 cm³/mol. The molecule has 2 atom stereocenters. The molecule has 2 unspecified atom stereocenters. The molecule has 8 heteroatoms. The van der Waals surface area contributed by atoms with E-state index in [4.69, 9.17) is 4.74 Å². The average Bonchev–Trinajstić information content (AvgIpc) is 2.67. The summed E-state index contributed by atoms with van der Waals surface area (Å²) in [5.74, 6) is -5.28. The van der Waals surface area contributed by atoms with Crippen molar-refractivity contribution in [1.82, 2.24) is 0 Å². The van der Waals surface area contributed by atoms with Crippen molar-refractivity contribution in [1.29, 1.82) is 0 Å². The van der Waals surface area contributed by atoms with Crippen molar-refractivity contribution >= 4 is 23.4 Å². The Morgan fingerprint density at radius 2 is 1.75 bits per heavy atom. The van der Waals surface area contributed by atoms with Gasteiger partial charge in [0.15, 0.2) is 11.7 Å². The van der Waals surface area contributed by atoms with Crippen LogP contribution in [0.1, 0.15) is 47.7 Å². The number of carboxylic acids is 1. The molecule has 0 aromatic heterocycles. The summed E-state index contributed by atoms with van der Waals surface area (Å²) in [4.78, 5) is 47.7. The fraction of sp³-hybridized carbons (Fsp3) is 0.250. The standard InChI is InChI=1S/C20H19NO7/c1-3-12(2)28-20(25)16(19(23)24)14-10-7-11-15(17(14)21(26)27)18(22)13-8-5-4-6-9-13/h4-12,16H,3H2,1-2H3,(H,23,24). The molecule has 0 aliphatic carbocycles. The Kier molecular flexibility index (Phi) is 6.59. The van der Waals surface area contributed by atoms with Crippen LogP contribution in [-0.4, -0.2) is 33.9 Å². The molecule has 0 fully saturated rings. The quantitative estimate of drug-likeness (QED) is 0.243. The number of esters is 1. The molecule has 2 aromatic rings. The first-order valence-corrected chi connectivity index (χ1v) is 8.58. The van der Waals surface area contributed by atoms with Crippen LogP contribution in [0.5, 0.6) is 0 Å². The van der Waals surface area contributed by atoms with Gasteiger partial charge in [0.2, 0.25) is 0 Å². The van der Waals surface area contributed by atoms with Gasteiger partial charge in [-0.2, -0.15) is 0 Å². The summed E-state index contributed by atoms with van der Waals surface area (Å²) in [6, 6.07) is 11.6. The largest absolute Gasteiger partial charge is 0.480 e. The number of para-hydroxylation sites is 1. The van der Waals surface area contributed by atoms with E-state index in [-0.39, 0.29) is 11.1 Å². The predicted octanol–water partition coefficient (Wildman–Crippen LogP) is 3.34. The monoisotopic (exact) mass is 385 g/mol. The molecule has 0 radical (unpaired) electrons. The second-order valence-corrected chi connectivity index (χ2v) is 6.12. The molecule has 0 heterocycles. The van der Waals surface area contributed by atoms with Gasteiger partial charge >= 0.3 is 11.9 Å². The van der Waals surface area contributed by atoms with Gasteiger partial charge < -0.3 is 9.84 Å². The maximum absolute atomic E-state index is 12.7. The molecule has 0 aliphatic rings. The van der Waals surface area contributed by atoms with Gasteiger partial charge in [0, 0.05) is 5.56 Å². The molecule has 1 N–H and O–H groups in total. The van der Waals surface area contributed by atoms with Crippen molar-refractivity contribution in [2.24, 2.45) is 0 Å². The van der Waals surface area contributed by atoms with Crippen LogP contribution in [0.3, 0.4) is 0 Å². The Bertz CT molecular complexity index is 908. The summed E-state index contributed by atoms with van der Waals surface area (Å²) in [7, 11) is 0. The van der Waals surface area contributed by atoms with E-state index in [1.165, 1.54) is 24.3 Å². The topological polar surface area (TPSA) is 124 Å². The summed E-state index contributed by atoms with van der Waals surface area (Å²) < 4.78 is 5.07. The number of hydrogen-bond acceptors (Lipinski definition) is 6. The lowest BCUT2D eigenvalue weighted by Gasteiger charge is -2.17. The minimum atomic E-state index is -1.92. The molecule has 0 amide bonds. The molecule has 146 valence electrons. The van der Waals surface area contributed by atoms with E-state index in [9.17, 15) is 29.6 Å². The molecule has 2 rings (SSSR count). The van der Waals surface area contributed by atoms with Crippen LogP contribution in [-0.2, 0) is 14.3 Å². The number of rotatable bonds is 8. The number of carbonyl (C=O) groups excluding carboxylic acids is 2. The van der Waals surface area contributed by atoms with Gasteiger partial charge in [0.1, 0.15) is 5.56 Å². The first-order valence-electron chi connectivity index (χ1n) is 8.58. The number of benzene rings is 2. The Morgan fingerprint density at radius 1 is 1.11 bits per heavy atom. The van der Waals surface area contributed by atoms with Gasteiger partial charge in [0.05, 0.1) is 16.6 Å². The van der Waals surface area contributed by atoms with Crippen molar-refractivity contribution in [2.75, 3.05) is 0 Å². The van der Waals surface area contributed by atoms with Crippen LogP contribution in [0.4, 0.5) is 5.69 Å². The van der Waals surface area contributed by atoms with Crippen molar-refractivity contribution in [3.63, 3.8) is 0 Å². The molecule has 28 heavy (non-hydrogen) atoms. The van der Waals surface area contributed by atoms with E-state index in [1.54, 1.807) is 32.0 Å². The lowest BCUT2D eigenvalue weighted by molar-refractivity contribution is -0.385. The lowest BCUT2D eigenvalue weighted by Crippen LogP contribution is -2.28. The molecule has 0 bridgehead atoms. The fourth-order valence-corrected chi connectivity index (χ4v) is 2.64. The van der Waals surface area contributed by atoms with Crippen LogP contribution in [0.2, 0.25) is 0 Å². The highest BCUT2D eigenvalue weighted by molar-refractivity contribution is 6.12. The fourth-order valence-electron chi connectivity index (χ4n) is 2.64. The molecule has 0 saturated heterocycles. The molecular weight excluding hydrogens is 366 g/mol. The third-order valence-electron chi connectivity index (χ3n) is 4.22. The molecule has 0 spiro atoms. The van der Waals surface area contributed by atoms with E-state index in [0.717, 1.165) is 6.07 Å². The van der Waals surface area contributed by atoms with Gasteiger partial charge in [-0.05, 0) is 19.4 Å². The molecule has 0 saturated carbocycles. The number of carboxylic acid groups (broad SMARTS) is 1. The minimum Gasteiger partial charge on any atom is -0.480 e. The van der Waals surface area contributed by atoms with Crippen LogP contribution < -0.4 is 0 Å². The van der Waals surface area contributed by atoms with Crippen molar-refractivity contribution in [2.45, 2.75) is 32.3 Å². The van der Waals surface area contributed by atoms with Gasteiger partial charge in [-0.3, -0.25) is 24.5 Å². The summed E-state index contributed by atoms with van der Waals surface area (Å²) in [6.45, 7) is 3.33. The van der Waals surface area contributed by atoms with Crippen LogP contribution in [0.15, 0.2) is 48.5 Å². The first kappa shape index (κ1) is 20.8. The number of ether oxygens (including phenoxy) is 1. The van der Waals surface area contributed by atoms with Gasteiger partial charge in [-0.15, -0.1) is 0 Å². The smallest absolute Gasteiger partial charge is 0.325 e. The summed E-state index contributed by atoms with van der Waals surface area (Å²) in [6.07, 6.45) is -0.102. The summed E-state index contributed by atoms with van der Waals surface area (Å²) in [5, 5.41) is 21.2. The molecule has 8 nitrogen and oxygen atoms in total. The van der Waals surface area contributed by atoms with E-state index in [2.05, 4.69) is 0 Å². The van der Waals surface area contributed by atoms with E-state index in [0.29, 0.717) is 6.42 Å². The molecular formula is C20H19NO7. The summed E-state index contributed by atoms with van der Waals surface area (Å²) >= 11 is 0. The Labute approximate surface area is 160 Å². The maximum Gasteiger partial charge on any atom is 0.325 e. The number of nitro benzene ring substituents is 1. The Hall–Kier alpha value is -3.55. The number of nitrogens with zero attached hydrogens (tertiary/aromatic N) is 1. The SMILES string of the molecule is CCC(C)OC(=O)C(C(=O)O)c1cccc(C(=O)c2ccccc2)c1[N+](=O)[O-]. The van der Waals surface area contributed by atoms with Gasteiger partial charge in [0.25, 0.3) is 5.69 Å². The Balaban J connectivity index is 2.60. The number of ketones is 1. The van der Waals surface area contributed by atoms with Gasteiger partial charge in [-0.25, -0.2) is 0 Å². The van der Waals surface area contributed by atoms with Crippen molar-refractivity contribution in [3.05, 3.63) is 75.3 Å². The third kappa shape index (κ3) is 4.40. The Morgan fingerprint density at radius 3 is 2.29 bits per heavy atom. The van der Waals surface area contributed by atoms with E-state index < -0.39 is 45.9 Å². The normalized spacial score (nSPS) is 12.6. The zero-order valence-electron chi connectivity index (χ0n) is 15.3. The average molecular weight is 385 g/mol. The van der Waals surface area contributed by atoms with Crippen molar-refractivity contribution in [3.8, 4) is 0 Å². The maximum atomic E-state index is 12.7.